The summed E-state index contributed by atoms with van der Waals surface area (Å²) in [5.74, 6) is 0. The maximum Gasteiger partial charge on any atom is 0.0755 e. The molecule has 1 aliphatic carbocycles. The first-order chi connectivity index (χ1) is 37.7. The highest BCUT2D eigenvalue weighted by Gasteiger charge is 2.52. The van der Waals surface area contributed by atoms with Gasteiger partial charge in [-0.1, -0.05) is 218 Å². The lowest BCUT2D eigenvalue weighted by Crippen LogP contribution is -2.36. The van der Waals surface area contributed by atoms with Crippen molar-refractivity contribution in [1.29, 1.82) is 0 Å². The van der Waals surface area contributed by atoms with Crippen LogP contribution in [0, 0.1) is 0 Å². The van der Waals surface area contributed by atoms with Crippen molar-refractivity contribution in [2.75, 3.05) is 9.80 Å². The molecular formula is C73H49N3. The molecule has 1 aliphatic heterocycles. The Labute approximate surface area is 443 Å². The molecule has 76 heavy (non-hydrogen) atoms. The van der Waals surface area contributed by atoms with Gasteiger partial charge in [0.2, 0.25) is 0 Å². The first kappa shape index (κ1) is 43.6. The number of hydrogen-bond donors (Lipinski definition) is 0. The summed E-state index contributed by atoms with van der Waals surface area (Å²) in [7, 11) is 0. The van der Waals surface area contributed by atoms with Crippen molar-refractivity contribution >= 4 is 55.9 Å². The zero-order chi connectivity index (χ0) is 50.2. The Hall–Kier alpha value is -9.96. The minimum Gasteiger partial charge on any atom is -0.310 e. The third-order valence-corrected chi connectivity index (χ3v) is 16.0. The summed E-state index contributed by atoms with van der Waals surface area (Å²) in [6.07, 6.45) is 0. The molecule has 13 aromatic rings. The highest BCUT2D eigenvalue weighted by Crippen LogP contribution is 2.65. The van der Waals surface area contributed by atoms with Crippen LogP contribution in [-0.2, 0) is 5.41 Å². The second-order valence-electron chi connectivity index (χ2n) is 20.0. The van der Waals surface area contributed by atoms with Crippen LogP contribution in [0.1, 0.15) is 22.3 Å². The van der Waals surface area contributed by atoms with Gasteiger partial charge in [-0.15, -0.1) is 0 Å². The Kier molecular flexibility index (Phi) is 10.1. The molecular weight excluding hydrogens is 919 g/mol. The Balaban J connectivity index is 0.954. The summed E-state index contributed by atoms with van der Waals surface area (Å²) in [6, 6.07) is 109. The van der Waals surface area contributed by atoms with Crippen molar-refractivity contribution in [2.24, 2.45) is 0 Å². The van der Waals surface area contributed by atoms with Crippen molar-refractivity contribution in [2.45, 2.75) is 5.41 Å². The van der Waals surface area contributed by atoms with Crippen molar-refractivity contribution in [3.8, 4) is 50.2 Å². The molecule has 1 aromatic heterocycles. The minimum atomic E-state index is -0.611. The van der Waals surface area contributed by atoms with Gasteiger partial charge in [-0.25, -0.2) is 0 Å². The number of rotatable bonds is 8. The van der Waals surface area contributed by atoms with Gasteiger partial charge in [-0.2, -0.15) is 0 Å². The van der Waals surface area contributed by atoms with E-state index < -0.39 is 5.41 Å². The number of anilines is 6. The van der Waals surface area contributed by atoms with Crippen LogP contribution in [0.15, 0.2) is 297 Å². The molecule has 2 aliphatic rings. The molecule has 0 atom stereocenters. The molecule has 0 saturated heterocycles. The first-order valence-corrected chi connectivity index (χ1v) is 26.3. The molecule has 15 rings (SSSR count). The fourth-order valence-corrected chi connectivity index (χ4v) is 12.8. The van der Waals surface area contributed by atoms with Crippen molar-refractivity contribution < 1.29 is 0 Å². The topological polar surface area (TPSA) is 11.4 Å². The van der Waals surface area contributed by atoms with Crippen molar-refractivity contribution in [3.05, 3.63) is 320 Å². The van der Waals surface area contributed by atoms with Crippen molar-refractivity contribution in [1.82, 2.24) is 4.57 Å². The molecule has 0 unspecified atom stereocenters. The third-order valence-electron chi connectivity index (χ3n) is 16.0. The zero-order valence-corrected chi connectivity index (χ0v) is 41.6. The molecule has 0 bridgehead atoms. The molecule has 12 aromatic carbocycles. The molecule has 2 heterocycles. The lowest BCUT2D eigenvalue weighted by Gasteiger charge is -2.45. The second kappa shape index (κ2) is 17.6. The van der Waals surface area contributed by atoms with E-state index in [1.54, 1.807) is 0 Å². The Morgan fingerprint density at radius 2 is 0.789 bits per heavy atom. The Morgan fingerprint density at radius 3 is 1.54 bits per heavy atom. The van der Waals surface area contributed by atoms with E-state index in [9.17, 15) is 0 Å². The third kappa shape index (κ3) is 6.62. The number of aromatic nitrogens is 1. The van der Waals surface area contributed by atoms with Gasteiger partial charge in [0.1, 0.15) is 0 Å². The van der Waals surface area contributed by atoms with E-state index in [-0.39, 0.29) is 0 Å². The van der Waals surface area contributed by atoms with Crippen LogP contribution >= 0.6 is 0 Å². The Bertz CT molecular complexity index is 4300. The van der Waals surface area contributed by atoms with Gasteiger partial charge >= 0.3 is 0 Å². The maximum absolute atomic E-state index is 2.52. The summed E-state index contributed by atoms with van der Waals surface area (Å²) < 4.78 is 2.40. The summed E-state index contributed by atoms with van der Waals surface area (Å²) in [5.41, 5.74) is 24.3. The Morgan fingerprint density at radius 1 is 0.289 bits per heavy atom. The molecule has 0 saturated carbocycles. The predicted molar refractivity (Wildman–Crippen MR) is 317 cm³/mol. The number of hydrogen-bond acceptors (Lipinski definition) is 2. The smallest absolute Gasteiger partial charge is 0.0755 e. The number of benzene rings is 12. The quantitative estimate of drug-likeness (QED) is 0.150. The van der Waals surface area contributed by atoms with Gasteiger partial charge < -0.3 is 14.4 Å². The maximum atomic E-state index is 2.52. The molecule has 0 fully saturated rings. The molecule has 0 N–H and O–H groups in total. The minimum absolute atomic E-state index is 0.611. The fourth-order valence-electron chi connectivity index (χ4n) is 12.8. The van der Waals surface area contributed by atoms with Crippen LogP contribution in [0.4, 0.5) is 34.1 Å². The molecule has 0 radical (unpaired) electrons. The largest absolute Gasteiger partial charge is 0.310 e. The molecule has 1 spiro atoms. The van der Waals surface area contributed by atoms with Gasteiger partial charge in [0, 0.05) is 39.0 Å². The molecule has 356 valence electrons. The van der Waals surface area contributed by atoms with Crippen LogP contribution in [0.5, 0.6) is 0 Å². The second-order valence-corrected chi connectivity index (χ2v) is 20.0. The van der Waals surface area contributed by atoms with Gasteiger partial charge in [-0.3, -0.25) is 0 Å². The monoisotopic (exact) mass is 967 g/mol. The van der Waals surface area contributed by atoms with E-state index in [0.717, 1.165) is 45.1 Å². The van der Waals surface area contributed by atoms with Crippen LogP contribution in [0.25, 0.3) is 72.0 Å². The summed E-state index contributed by atoms with van der Waals surface area (Å²) >= 11 is 0. The summed E-state index contributed by atoms with van der Waals surface area (Å²) in [5, 5.41) is 2.49. The summed E-state index contributed by atoms with van der Waals surface area (Å²) in [6.45, 7) is 0. The zero-order valence-electron chi connectivity index (χ0n) is 41.6. The highest BCUT2D eigenvalue weighted by molar-refractivity contribution is 6.10. The van der Waals surface area contributed by atoms with Crippen LogP contribution in [0.3, 0.4) is 0 Å². The van der Waals surface area contributed by atoms with E-state index in [4.69, 9.17) is 0 Å². The lowest BCUT2D eigenvalue weighted by molar-refractivity contribution is 0.752. The van der Waals surface area contributed by atoms with Gasteiger partial charge in [-0.05, 0) is 134 Å². The number of nitrogens with zero attached hydrogens (tertiary/aromatic N) is 3. The number of fused-ring (bicyclic) bond motifs is 12. The van der Waals surface area contributed by atoms with Crippen LogP contribution in [-0.4, -0.2) is 4.57 Å². The fraction of sp³-hybridized carbons (Fsp3) is 0.0137. The SMILES string of the molecule is c1ccc(-c2cccc(-c3ccccc3N(c3ccc(-c4ccc5c6ccccc6n(-c6ccccc6)c5c4)cc3)c3cccc4c3-c3ccccc3C43c4ccccc4N(c4ccccc4)c4ccccc43)c2)cc1. The van der Waals surface area contributed by atoms with Crippen LogP contribution < -0.4 is 9.80 Å². The summed E-state index contributed by atoms with van der Waals surface area (Å²) in [4.78, 5) is 4.98. The number of para-hydroxylation sites is 6. The van der Waals surface area contributed by atoms with Crippen LogP contribution in [0.2, 0.25) is 0 Å². The lowest BCUT2D eigenvalue weighted by atomic mass is 9.64. The molecule has 3 heteroatoms. The standard InChI is InChI=1S/C73H49N3/c1-4-22-50(23-5-1)52-24-20-25-54(48-52)58-30-11-16-37-66(58)74(57-45-42-51(43-46-57)53-44-47-60-59-31-12-17-38-67(59)75(71(60)49-53)55-26-6-2-7-27-55)70-41-21-36-65-72(70)61-32-10-13-33-62(61)73(65)63-34-14-18-39-68(63)76(56-28-8-3-9-29-56)69-40-19-15-35-64(69)73/h1-49H. The van der Waals surface area contributed by atoms with Gasteiger partial charge in [0.25, 0.3) is 0 Å². The van der Waals surface area contributed by atoms with E-state index in [1.807, 2.05) is 0 Å². The van der Waals surface area contributed by atoms with E-state index >= 15 is 0 Å². The first-order valence-electron chi connectivity index (χ1n) is 26.3. The molecule has 3 nitrogen and oxygen atoms in total. The van der Waals surface area contributed by atoms with Gasteiger partial charge in [0.15, 0.2) is 0 Å². The average Bonchev–Trinajstić information content (AvgIpc) is 4.21. The van der Waals surface area contributed by atoms with Gasteiger partial charge in [0.05, 0.1) is 39.2 Å². The average molecular weight is 968 g/mol. The predicted octanol–water partition coefficient (Wildman–Crippen LogP) is 19.4. The molecule has 0 amide bonds. The van der Waals surface area contributed by atoms with E-state index in [1.165, 1.54) is 83.3 Å². The van der Waals surface area contributed by atoms with E-state index in [0.29, 0.717) is 0 Å². The normalized spacial score (nSPS) is 12.8. The van der Waals surface area contributed by atoms with Crippen molar-refractivity contribution in [3.63, 3.8) is 0 Å². The van der Waals surface area contributed by atoms with E-state index in [2.05, 4.69) is 312 Å². The highest BCUT2D eigenvalue weighted by atomic mass is 15.2.